The number of thiazole rings is 1. The maximum atomic E-state index is 13.0. The van der Waals surface area contributed by atoms with Crippen molar-refractivity contribution in [2.75, 3.05) is 49.2 Å². The van der Waals surface area contributed by atoms with Gasteiger partial charge >= 0.3 is 0 Å². The van der Waals surface area contributed by atoms with E-state index in [4.69, 9.17) is 0 Å². The Morgan fingerprint density at radius 3 is 2.44 bits per heavy atom. The third-order valence-corrected chi connectivity index (χ3v) is 9.19. The Balaban J connectivity index is 1.13. The van der Waals surface area contributed by atoms with Crippen LogP contribution in [0, 0.1) is 0 Å². The van der Waals surface area contributed by atoms with Crippen LogP contribution in [0.5, 0.6) is 0 Å². The van der Waals surface area contributed by atoms with Crippen molar-refractivity contribution in [2.45, 2.75) is 12.5 Å². The summed E-state index contributed by atoms with van der Waals surface area (Å²) >= 11 is 1.33. The van der Waals surface area contributed by atoms with Gasteiger partial charge in [-0.05, 0) is 41.8 Å². The monoisotopic (exact) mass is 590 g/mol. The number of aromatic nitrogens is 2. The lowest BCUT2D eigenvalue weighted by Gasteiger charge is -2.39. The molecule has 0 spiro atoms. The lowest BCUT2D eigenvalue weighted by molar-refractivity contribution is -0.123. The molecule has 2 aromatic carbocycles. The number of rotatable bonds is 7. The summed E-state index contributed by atoms with van der Waals surface area (Å²) in [5.74, 6) is -0.692. The number of benzene rings is 2. The van der Waals surface area contributed by atoms with Gasteiger partial charge in [0.1, 0.15) is 6.04 Å². The summed E-state index contributed by atoms with van der Waals surface area (Å²) in [5, 5.41) is 8.61. The minimum atomic E-state index is -3.49. The first kappa shape index (κ1) is 27.2. The number of hydrogen-bond donors (Lipinski definition) is 2. The van der Waals surface area contributed by atoms with Gasteiger partial charge in [0, 0.05) is 61.7 Å². The zero-order valence-electron chi connectivity index (χ0n) is 22.5. The molecule has 2 aliphatic rings. The van der Waals surface area contributed by atoms with Gasteiger partial charge in [-0.2, -0.15) is 0 Å². The van der Waals surface area contributed by atoms with E-state index >= 15 is 0 Å². The Morgan fingerprint density at radius 2 is 1.73 bits per heavy atom. The highest BCUT2D eigenvalue weighted by Crippen LogP contribution is 2.31. The van der Waals surface area contributed by atoms with Crippen molar-refractivity contribution in [1.29, 1.82) is 0 Å². The van der Waals surface area contributed by atoms with Crippen LogP contribution in [0.3, 0.4) is 0 Å². The minimum absolute atomic E-state index is 0.225. The molecule has 12 heteroatoms. The molecule has 4 aromatic rings. The van der Waals surface area contributed by atoms with E-state index in [2.05, 4.69) is 56.9 Å². The van der Waals surface area contributed by atoms with Crippen LogP contribution in [0.1, 0.15) is 16.8 Å². The summed E-state index contributed by atoms with van der Waals surface area (Å²) in [6.45, 7) is 4.36. The summed E-state index contributed by atoms with van der Waals surface area (Å²) in [6.07, 6.45) is 4.18. The van der Waals surface area contributed by atoms with E-state index in [0.717, 1.165) is 58.8 Å². The van der Waals surface area contributed by atoms with Gasteiger partial charge in [-0.1, -0.05) is 30.3 Å². The molecule has 1 atom stereocenters. The molecular formula is C29H30N6O4S2. The van der Waals surface area contributed by atoms with Gasteiger partial charge in [0.05, 0.1) is 17.5 Å². The first-order chi connectivity index (χ1) is 19.8. The summed E-state index contributed by atoms with van der Waals surface area (Å²) in [4.78, 5) is 34.4. The van der Waals surface area contributed by atoms with E-state index in [1.54, 1.807) is 0 Å². The second-order valence-electron chi connectivity index (χ2n) is 10.2. The number of likely N-dealkylation sites (tertiary alicyclic amines) is 1. The van der Waals surface area contributed by atoms with Crippen molar-refractivity contribution in [2.24, 2.45) is 0 Å². The molecule has 0 unspecified atom stereocenters. The molecule has 6 rings (SSSR count). The quantitative estimate of drug-likeness (QED) is 0.339. The standard InChI is InChI=1S/C29H30N6O4S2/c1-41(38,39)34-12-8-23(18-34)28(37)35-13-9-26(35)27(36)32-29-31-25(19-40-29)22-6-2-4-20(16-22)21-5-3-7-24(17-21)33-14-10-30-11-15-33/h2-8,12,16-19,26,30H,9-11,13-15H2,1H3,(H,31,32,36)/t26-/m0/s1. The largest absolute Gasteiger partial charge is 0.369 e. The molecule has 41 heavy (non-hydrogen) atoms. The molecule has 2 aliphatic heterocycles. The van der Waals surface area contributed by atoms with Gasteiger partial charge in [0.2, 0.25) is 15.9 Å². The Kier molecular flexibility index (Phi) is 7.37. The fourth-order valence-corrected chi connectivity index (χ4v) is 6.40. The molecule has 2 aromatic heterocycles. The van der Waals surface area contributed by atoms with Crippen LogP contribution in [0.4, 0.5) is 10.8 Å². The Labute approximate surface area is 242 Å². The molecule has 0 saturated carbocycles. The highest BCUT2D eigenvalue weighted by molar-refractivity contribution is 7.89. The number of amides is 2. The maximum Gasteiger partial charge on any atom is 0.256 e. The summed E-state index contributed by atoms with van der Waals surface area (Å²) in [5.41, 5.74) is 5.36. The second-order valence-corrected chi connectivity index (χ2v) is 12.9. The molecule has 2 amide bonds. The highest BCUT2D eigenvalue weighted by atomic mass is 32.2. The van der Waals surface area contributed by atoms with Crippen molar-refractivity contribution in [3.63, 3.8) is 0 Å². The van der Waals surface area contributed by atoms with Gasteiger partial charge in [0.15, 0.2) is 5.13 Å². The molecule has 0 radical (unpaired) electrons. The molecule has 4 heterocycles. The summed E-state index contributed by atoms with van der Waals surface area (Å²) in [6, 6.07) is 17.6. The van der Waals surface area contributed by atoms with Crippen molar-refractivity contribution in [3.05, 3.63) is 77.9 Å². The SMILES string of the molecule is CS(=O)(=O)n1ccc(C(=O)N2CC[C@H]2C(=O)Nc2nc(-c3cccc(-c4cccc(N5CCNCC5)c4)c3)cs2)c1. The Morgan fingerprint density at radius 1 is 1.00 bits per heavy atom. The summed E-state index contributed by atoms with van der Waals surface area (Å²) in [7, 11) is -3.49. The van der Waals surface area contributed by atoms with Gasteiger partial charge in [-0.15, -0.1) is 11.3 Å². The first-order valence-electron chi connectivity index (χ1n) is 13.4. The lowest BCUT2D eigenvalue weighted by atomic mass is 10.0. The predicted octanol–water partition coefficient (Wildman–Crippen LogP) is 3.35. The number of nitrogens with zero attached hydrogens (tertiary/aromatic N) is 4. The first-order valence-corrected chi connectivity index (χ1v) is 16.1. The average molecular weight is 591 g/mol. The van der Waals surface area contributed by atoms with Crippen LogP contribution in [-0.2, 0) is 14.8 Å². The third kappa shape index (κ3) is 5.76. The number of piperazine rings is 1. The molecule has 0 bridgehead atoms. The highest BCUT2D eigenvalue weighted by Gasteiger charge is 2.38. The molecule has 212 valence electrons. The van der Waals surface area contributed by atoms with Crippen LogP contribution >= 0.6 is 11.3 Å². The van der Waals surface area contributed by atoms with Crippen LogP contribution in [0.2, 0.25) is 0 Å². The van der Waals surface area contributed by atoms with Crippen molar-refractivity contribution >= 4 is 44.0 Å². The van der Waals surface area contributed by atoms with E-state index in [-0.39, 0.29) is 17.4 Å². The van der Waals surface area contributed by atoms with Gasteiger partial charge < -0.3 is 20.4 Å². The fourth-order valence-electron chi connectivity index (χ4n) is 5.09. The molecule has 0 aliphatic carbocycles. The van der Waals surface area contributed by atoms with Crippen molar-refractivity contribution < 1.29 is 18.0 Å². The maximum absolute atomic E-state index is 13.0. The third-order valence-electron chi connectivity index (χ3n) is 7.43. The minimum Gasteiger partial charge on any atom is -0.369 e. The van der Waals surface area contributed by atoms with Crippen LogP contribution in [0.15, 0.2) is 72.4 Å². The topological polar surface area (TPSA) is 117 Å². The summed E-state index contributed by atoms with van der Waals surface area (Å²) < 4.78 is 24.5. The average Bonchev–Trinajstić information content (AvgIpc) is 3.64. The molecule has 2 N–H and O–H groups in total. The molecule has 2 saturated heterocycles. The normalized spacial score (nSPS) is 17.2. The van der Waals surface area contributed by atoms with Gasteiger partial charge in [0.25, 0.3) is 5.91 Å². The van der Waals surface area contributed by atoms with Crippen LogP contribution < -0.4 is 15.5 Å². The Hall–Kier alpha value is -4.00. The lowest BCUT2D eigenvalue weighted by Crippen LogP contribution is -2.56. The van der Waals surface area contributed by atoms with E-state index < -0.39 is 16.1 Å². The van der Waals surface area contributed by atoms with E-state index in [1.807, 2.05) is 17.5 Å². The number of anilines is 2. The Bertz CT molecular complexity index is 1710. The van der Waals surface area contributed by atoms with Gasteiger partial charge in [-0.3, -0.25) is 13.6 Å². The van der Waals surface area contributed by atoms with Gasteiger partial charge in [-0.25, -0.2) is 13.4 Å². The van der Waals surface area contributed by atoms with Crippen molar-refractivity contribution in [3.8, 4) is 22.4 Å². The number of nitrogens with one attached hydrogen (secondary N) is 2. The molecule has 10 nitrogen and oxygen atoms in total. The van der Waals surface area contributed by atoms with Crippen LogP contribution in [-0.4, -0.2) is 79.1 Å². The van der Waals surface area contributed by atoms with E-state index in [9.17, 15) is 18.0 Å². The second kappa shape index (κ2) is 11.1. The smallest absolute Gasteiger partial charge is 0.256 e. The zero-order valence-corrected chi connectivity index (χ0v) is 24.1. The molecular weight excluding hydrogens is 560 g/mol. The number of carbonyl (C=O) groups excluding carboxylic acids is 2. The van der Waals surface area contributed by atoms with Crippen LogP contribution in [0.25, 0.3) is 22.4 Å². The van der Waals surface area contributed by atoms with E-state index in [1.165, 1.54) is 40.4 Å². The predicted molar refractivity (Wildman–Crippen MR) is 161 cm³/mol. The molecule has 2 fully saturated rings. The van der Waals surface area contributed by atoms with E-state index in [0.29, 0.717) is 18.1 Å². The van der Waals surface area contributed by atoms with Crippen molar-refractivity contribution in [1.82, 2.24) is 19.2 Å². The number of hydrogen-bond acceptors (Lipinski definition) is 8. The fraction of sp³-hybridized carbons (Fsp3) is 0.276. The number of carbonyl (C=O) groups is 2. The zero-order chi connectivity index (χ0) is 28.6.